The first-order valence-electron chi connectivity index (χ1n) is 5.11. The molecule has 3 N–H and O–H groups in total. The molecule has 1 rings (SSSR count). The molecule has 0 aromatic heterocycles. The number of nitrogens with zero attached hydrogens (tertiary/aromatic N) is 3. The Balaban J connectivity index is 3.07. The molecule has 0 spiro atoms. The van der Waals surface area contributed by atoms with Crippen LogP contribution in [0.15, 0.2) is 21.5 Å². The summed E-state index contributed by atoms with van der Waals surface area (Å²) in [5.74, 6) is -0.143. The van der Waals surface area contributed by atoms with Crippen molar-refractivity contribution in [2.24, 2.45) is 9.35 Å². The molecule has 0 saturated carbocycles. The van der Waals surface area contributed by atoms with E-state index < -0.39 is 15.2 Å². The number of rotatable bonds is 7. The molecular weight excluding hydrogens is 317 g/mol. The molecule has 102 valence electrons. The van der Waals surface area contributed by atoms with Crippen LogP contribution in [0.1, 0.15) is 0 Å². The Morgan fingerprint density at radius 3 is 2.53 bits per heavy atom. The fourth-order valence-corrected chi connectivity index (χ4v) is 2.64. The minimum absolute atomic E-state index is 0.143. The second kappa shape index (κ2) is 7.34. The number of carbonyl (C=O) groups excluding carboxylic acids is 2. The van der Waals surface area contributed by atoms with Crippen molar-refractivity contribution >= 4 is 43.8 Å². The zero-order valence-corrected chi connectivity index (χ0v) is 12.0. The van der Waals surface area contributed by atoms with Gasteiger partial charge in [-0.3, -0.25) is 0 Å². The van der Waals surface area contributed by atoms with Crippen LogP contribution in [0.3, 0.4) is 0 Å². The number of hydrogen-bond donors (Lipinski definition) is 3. The maximum absolute atomic E-state index is 10.5. The summed E-state index contributed by atoms with van der Waals surface area (Å²) in [4.78, 5) is 20.9. The summed E-state index contributed by atoms with van der Waals surface area (Å²) >= 11 is -0.451. The molecule has 0 aliphatic rings. The molecule has 0 aliphatic carbocycles. The monoisotopic (exact) mass is 331 g/mol. The average molecular weight is 330 g/mol. The Kier molecular flexibility index (Phi) is 5.77. The van der Waals surface area contributed by atoms with E-state index in [1.54, 1.807) is 20.2 Å². The van der Waals surface area contributed by atoms with Gasteiger partial charge in [-0.1, -0.05) is 0 Å². The molecule has 9 heteroatoms. The number of nitrogens with one attached hydrogen (secondary N) is 2. The van der Waals surface area contributed by atoms with E-state index in [-0.39, 0.29) is 11.4 Å². The zero-order chi connectivity index (χ0) is 14.3. The van der Waals surface area contributed by atoms with Gasteiger partial charge in [-0.05, 0) is 0 Å². The van der Waals surface area contributed by atoms with E-state index >= 15 is 0 Å². The Morgan fingerprint density at radius 1 is 1.26 bits per heavy atom. The first-order chi connectivity index (χ1) is 9.08. The Bertz CT molecular complexity index is 492. The molecule has 0 atom stereocenters. The molecule has 8 nitrogen and oxygen atoms in total. The van der Waals surface area contributed by atoms with Crippen LogP contribution in [-0.4, -0.2) is 52.2 Å². The Morgan fingerprint density at radius 2 is 1.95 bits per heavy atom. The number of aromatic hydroxyl groups is 1. The number of phenolic OH excluding ortho intramolecular Hbond substituents is 1. The summed E-state index contributed by atoms with van der Waals surface area (Å²) < 4.78 is 4.55. The summed E-state index contributed by atoms with van der Waals surface area (Å²) in [5.41, 5.74) is 0.685. The van der Waals surface area contributed by atoms with Gasteiger partial charge in [0.15, 0.2) is 0 Å². The fraction of sp³-hybridized carbons (Fsp3) is 0.200. The SMILES string of the molecule is CN(C)N=N[Se]c1cc(NC=O)cc(O)c1NC=O. The van der Waals surface area contributed by atoms with Gasteiger partial charge in [0.2, 0.25) is 0 Å². The van der Waals surface area contributed by atoms with Gasteiger partial charge in [0, 0.05) is 0 Å². The van der Waals surface area contributed by atoms with Crippen LogP contribution in [0.2, 0.25) is 0 Å². The van der Waals surface area contributed by atoms with Crippen molar-refractivity contribution in [3.8, 4) is 5.75 Å². The van der Waals surface area contributed by atoms with E-state index in [2.05, 4.69) is 20.0 Å². The number of amides is 2. The predicted molar refractivity (Wildman–Crippen MR) is 71.4 cm³/mol. The van der Waals surface area contributed by atoms with Gasteiger partial charge in [-0.2, -0.15) is 0 Å². The number of phenols is 1. The molecular formula is C10H13N5O3Se. The quantitative estimate of drug-likeness (QED) is 0.210. The maximum atomic E-state index is 10.5. The van der Waals surface area contributed by atoms with Gasteiger partial charge < -0.3 is 0 Å². The second-order valence-electron chi connectivity index (χ2n) is 3.50. The van der Waals surface area contributed by atoms with Crippen LogP contribution in [0.5, 0.6) is 5.75 Å². The van der Waals surface area contributed by atoms with Gasteiger partial charge in [0.25, 0.3) is 0 Å². The van der Waals surface area contributed by atoms with Gasteiger partial charge >= 0.3 is 116 Å². The Labute approximate surface area is 116 Å². The number of benzene rings is 1. The van der Waals surface area contributed by atoms with E-state index in [1.165, 1.54) is 11.1 Å². The van der Waals surface area contributed by atoms with Gasteiger partial charge in [0.05, 0.1) is 0 Å². The van der Waals surface area contributed by atoms with Crippen molar-refractivity contribution < 1.29 is 14.7 Å². The summed E-state index contributed by atoms with van der Waals surface area (Å²) in [5, 5.41) is 20.0. The molecule has 2 amide bonds. The van der Waals surface area contributed by atoms with E-state index in [9.17, 15) is 14.7 Å². The summed E-state index contributed by atoms with van der Waals surface area (Å²) in [7, 11) is 3.46. The van der Waals surface area contributed by atoms with Crippen molar-refractivity contribution in [2.75, 3.05) is 24.7 Å². The molecule has 0 bridgehead atoms. The molecule has 0 aliphatic heterocycles. The third-order valence-corrected chi connectivity index (χ3v) is 3.28. The molecule has 1 aromatic carbocycles. The van der Waals surface area contributed by atoms with E-state index in [0.717, 1.165) is 0 Å². The topological polar surface area (TPSA) is 106 Å². The number of carbonyl (C=O) groups is 2. The van der Waals surface area contributed by atoms with E-state index in [1.807, 2.05) is 0 Å². The van der Waals surface area contributed by atoms with Crippen molar-refractivity contribution in [3.63, 3.8) is 0 Å². The number of hydrogen-bond acceptors (Lipinski definition) is 5. The van der Waals surface area contributed by atoms with Crippen LogP contribution >= 0.6 is 0 Å². The third kappa shape index (κ3) is 4.57. The predicted octanol–water partition coefficient (Wildman–Crippen LogP) is -0.298. The van der Waals surface area contributed by atoms with Crippen molar-refractivity contribution in [1.29, 1.82) is 0 Å². The zero-order valence-electron chi connectivity index (χ0n) is 10.3. The van der Waals surface area contributed by atoms with Crippen molar-refractivity contribution in [3.05, 3.63) is 12.1 Å². The summed E-state index contributed by atoms with van der Waals surface area (Å²) in [6, 6.07) is 2.96. The summed E-state index contributed by atoms with van der Waals surface area (Å²) in [6.07, 6.45) is 0.963. The molecule has 0 unspecified atom stereocenters. The third-order valence-electron chi connectivity index (χ3n) is 1.86. The van der Waals surface area contributed by atoms with Gasteiger partial charge in [-0.15, -0.1) is 0 Å². The van der Waals surface area contributed by atoms with Crippen molar-refractivity contribution in [2.45, 2.75) is 0 Å². The van der Waals surface area contributed by atoms with Crippen LogP contribution in [0.4, 0.5) is 11.4 Å². The van der Waals surface area contributed by atoms with Crippen LogP contribution in [0, 0.1) is 0 Å². The normalized spacial score (nSPS) is 10.2. The van der Waals surface area contributed by atoms with Crippen LogP contribution in [-0.2, 0) is 9.59 Å². The fourth-order valence-electron chi connectivity index (χ4n) is 1.16. The van der Waals surface area contributed by atoms with E-state index in [4.69, 9.17) is 0 Å². The average Bonchev–Trinajstić information content (AvgIpc) is 2.33. The van der Waals surface area contributed by atoms with Gasteiger partial charge in [-0.25, -0.2) is 0 Å². The van der Waals surface area contributed by atoms with E-state index in [0.29, 0.717) is 23.0 Å². The van der Waals surface area contributed by atoms with Gasteiger partial charge in [0.1, 0.15) is 0 Å². The summed E-state index contributed by atoms with van der Waals surface area (Å²) in [6.45, 7) is 0. The molecule has 0 saturated heterocycles. The first kappa shape index (κ1) is 14.9. The van der Waals surface area contributed by atoms with Crippen LogP contribution in [0.25, 0.3) is 0 Å². The first-order valence-corrected chi connectivity index (χ1v) is 6.73. The standard InChI is InChI=1S/C10H13N5O3Se/c1-15(2)13-14-19-9-4-7(11-5-16)3-8(18)10(9)12-6-17/h3-6,18H,1-2H3,(H,11,16)(H,12,17). The number of anilines is 2. The molecule has 0 radical (unpaired) electrons. The second-order valence-corrected chi connectivity index (χ2v) is 5.15. The molecule has 19 heavy (non-hydrogen) atoms. The van der Waals surface area contributed by atoms with Crippen LogP contribution < -0.4 is 15.1 Å². The molecule has 0 heterocycles. The Hall–Kier alpha value is -2.12. The molecule has 1 aromatic rings. The minimum atomic E-state index is -0.451. The van der Waals surface area contributed by atoms with Crippen molar-refractivity contribution in [1.82, 2.24) is 5.01 Å². The molecule has 0 fully saturated rings.